The van der Waals surface area contributed by atoms with Gasteiger partial charge in [-0.1, -0.05) is 55.4 Å². The third kappa shape index (κ3) is 4.54. The number of rotatable bonds is 8. The van der Waals surface area contributed by atoms with Crippen molar-refractivity contribution in [3.63, 3.8) is 0 Å². The standard InChI is InChI=1S/C19H19FN4OS/c1-2-3-5-14-8-10-15(11-9-14)18(25)13-26-19-21-22-23-24(19)17-7-4-6-16(20)12-17/h4,6-12H,2-3,5,13H2,1H3. The van der Waals surface area contributed by atoms with Gasteiger partial charge in [0, 0.05) is 5.56 Å². The lowest BCUT2D eigenvalue weighted by molar-refractivity contribution is 0.102. The van der Waals surface area contributed by atoms with Crippen LogP contribution in [0.1, 0.15) is 35.7 Å². The van der Waals surface area contributed by atoms with E-state index in [-0.39, 0.29) is 17.4 Å². The highest BCUT2D eigenvalue weighted by Gasteiger charge is 2.13. The van der Waals surface area contributed by atoms with Gasteiger partial charge < -0.3 is 0 Å². The molecule has 0 radical (unpaired) electrons. The summed E-state index contributed by atoms with van der Waals surface area (Å²) in [5.41, 5.74) is 2.43. The van der Waals surface area contributed by atoms with Crippen molar-refractivity contribution in [3.05, 3.63) is 65.5 Å². The predicted octanol–water partition coefficient (Wildman–Crippen LogP) is 4.12. The first-order valence-corrected chi connectivity index (χ1v) is 9.45. The number of aromatic nitrogens is 4. The molecular weight excluding hydrogens is 351 g/mol. The monoisotopic (exact) mass is 370 g/mol. The predicted molar refractivity (Wildman–Crippen MR) is 99.2 cm³/mol. The van der Waals surface area contributed by atoms with E-state index in [1.165, 1.54) is 34.1 Å². The highest BCUT2D eigenvalue weighted by Crippen LogP contribution is 2.20. The Labute approximate surface area is 155 Å². The highest BCUT2D eigenvalue weighted by atomic mass is 32.2. The zero-order valence-corrected chi connectivity index (χ0v) is 15.2. The molecule has 0 atom stereocenters. The van der Waals surface area contributed by atoms with Gasteiger partial charge in [0.05, 0.1) is 11.4 Å². The summed E-state index contributed by atoms with van der Waals surface area (Å²) >= 11 is 1.23. The number of nitrogens with zero attached hydrogens (tertiary/aromatic N) is 4. The molecule has 3 aromatic rings. The van der Waals surface area contributed by atoms with E-state index in [4.69, 9.17) is 0 Å². The van der Waals surface area contributed by atoms with E-state index < -0.39 is 0 Å². The third-order valence-corrected chi connectivity index (χ3v) is 4.84. The molecule has 0 saturated carbocycles. The first-order chi connectivity index (χ1) is 12.7. The van der Waals surface area contributed by atoms with Gasteiger partial charge in [0.2, 0.25) is 5.16 Å². The lowest BCUT2D eigenvalue weighted by atomic mass is 10.1. The number of tetrazole rings is 1. The minimum Gasteiger partial charge on any atom is -0.293 e. The van der Waals surface area contributed by atoms with E-state index in [0.717, 1.165) is 19.3 Å². The molecule has 0 N–H and O–H groups in total. The van der Waals surface area contributed by atoms with Gasteiger partial charge in [-0.15, -0.1) is 5.10 Å². The summed E-state index contributed by atoms with van der Waals surface area (Å²) in [6.07, 6.45) is 3.32. The molecule has 3 rings (SSSR count). The van der Waals surface area contributed by atoms with Crippen molar-refractivity contribution in [1.82, 2.24) is 20.2 Å². The van der Waals surface area contributed by atoms with Crippen molar-refractivity contribution in [1.29, 1.82) is 0 Å². The van der Waals surface area contributed by atoms with Crippen LogP contribution in [0.25, 0.3) is 5.69 Å². The summed E-state index contributed by atoms with van der Waals surface area (Å²) in [7, 11) is 0. The number of unbranched alkanes of at least 4 members (excludes halogenated alkanes) is 1. The van der Waals surface area contributed by atoms with Crippen molar-refractivity contribution >= 4 is 17.5 Å². The number of aryl methyl sites for hydroxylation is 1. The summed E-state index contributed by atoms with van der Waals surface area (Å²) < 4.78 is 14.8. The number of carbonyl (C=O) groups excluding carboxylic acids is 1. The summed E-state index contributed by atoms with van der Waals surface area (Å²) in [4.78, 5) is 12.4. The Morgan fingerprint density at radius 3 is 2.73 bits per heavy atom. The summed E-state index contributed by atoms with van der Waals surface area (Å²) in [5, 5.41) is 11.9. The molecule has 0 amide bonds. The summed E-state index contributed by atoms with van der Waals surface area (Å²) in [6, 6.07) is 13.7. The van der Waals surface area contributed by atoms with E-state index in [0.29, 0.717) is 16.4 Å². The van der Waals surface area contributed by atoms with E-state index in [1.54, 1.807) is 12.1 Å². The van der Waals surface area contributed by atoms with E-state index in [2.05, 4.69) is 22.4 Å². The molecule has 0 fully saturated rings. The van der Waals surface area contributed by atoms with Crippen LogP contribution in [-0.4, -0.2) is 31.7 Å². The molecule has 134 valence electrons. The average molecular weight is 370 g/mol. The van der Waals surface area contributed by atoms with Gasteiger partial charge in [-0.2, -0.15) is 4.68 Å². The number of hydrogen-bond donors (Lipinski definition) is 0. The molecule has 0 bridgehead atoms. The van der Waals surface area contributed by atoms with Crippen LogP contribution in [0, 0.1) is 5.82 Å². The van der Waals surface area contributed by atoms with E-state index in [1.807, 2.05) is 24.3 Å². The molecular formula is C19H19FN4OS. The van der Waals surface area contributed by atoms with Crippen LogP contribution in [0.5, 0.6) is 0 Å². The summed E-state index contributed by atoms with van der Waals surface area (Å²) in [6.45, 7) is 2.16. The molecule has 0 spiro atoms. The van der Waals surface area contributed by atoms with Gasteiger partial charge in [0.15, 0.2) is 5.78 Å². The lowest BCUT2D eigenvalue weighted by Gasteiger charge is -2.05. The average Bonchev–Trinajstić information content (AvgIpc) is 3.13. The van der Waals surface area contributed by atoms with Crippen molar-refractivity contribution in [3.8, 4) is 5.69 Å². The fourth-order valence-electron chi connectivity index (χ4n) is 2.49. The second-order valence-electron chi connectivity index (χ2n) is 5.87. The van der Waals surface area contributed by atoms with Gasteiger partial charge >= 0.3 is 0 Å². The van der Waals surface area contributed by atoms with Gasteiger partial charge in [0.1, 0.15) is 5.82 Å². The topological polar surface area (TPSA) is 60.7 Å². The Morgan fingerprint density at radius 2 is 2.00 bits per heavy atom. The number of hydrogen-bond acceptors (Lipinski definition) is 5. The molecule has 1 heterocycles. The maximum absolute atomic E-state index is 13.4. The number of benzene rings is 2. The van der Waals surface area contributed by atoms with Crippen LogP contribution in [0.4, 0.5) is 4.39 Å². The second kappa shape index (κ2) is 8.71. The van der Waals surface area contributed by atoms with Crippen molar-refractivity contribution < 1.29 is 9.18 Å². The van der Waals surface area contributed by atoms with Crippen LogP contribution in [0.2, 0.25) is 0 Å². The number of carbonyl (C=O) groups is 1. The van der Waals surface area contributed by atoms with Crippen molar-refractivity contribution in [2.45, 2.75) is 31.3 Å². The van der Waals surface area contributed by atoms with Gasteiger partial charge in [-0.25, -0.2) is 4.39 Å². The van der Waals surface area contributed by atoms with E-state index in [9.17, 15) is 9.18 Å². The second-order valence-corrected chi connectivity index (χ2v) is 6.81. The highest BCUT2D eigenvalue weighted by molar-refractivity contribution is 7.99. The normalized spacial score (nSPS) is 10.8. The Bertz CT molecular complexity index is 879. The lowest BCUT2D eigenvalue weighted by Crippen LogP contribution is -2.05. The SMILES string of the molecule is CCCCc1ccc(C(=O)CSc2nnnn2-c2cccc(F)c2)cc1. The Morgan fingerprint density at radius 1 is 1.19 bits per heavy atom. The molecule has 0 aliphatic carbocycles. The molecule has 0 unspecified atom stereocenters. The number of ketones is 1. The molecule has 0 saturated heterocycles. The zero-order valence-electron chi connectivity index (χ0n) is 14.4. The van der Waals surface area contributed by atoms with Crippen LogP contribution in [0.3, 0.4) is 0 Å². The summed E-state index contributed by atoms with van der Waals surface area (Å²) in [5.74, 6) is -0.150. The molecule has 26 heavy (non-hydrogen) atoms. The zero-order chi connectivity index (χ0) is 18.4. The van der Waals surface area contributed by atoms with Crippen molar-refractivity contribution in [2.75, 3.05) is 5.75 Å². The first kappa shape index (κ1) is 18.3. The smallest absolute Gasteiger partial charge is 0.214 e. The maximum Gasteiger partial charge on any atom is 0.214 e. The quantitative estimate of drug-likeness (QED) is 0.441. The van der Waals surface area contributed by atoms with E-state index >= 15 is 0 Å². The minimum atomic E-state index is -0.367. The third-order valence-electron chi connectivity index (χ3n) is 3.92. The largest absolute Gasteiger partial charge is 0.293 e. The fraction of sp³-hybridized carbons (Fsp3) is 0.263. The Kier molecular flexibility index (Phi) is 6.12. The van der Waals surface area contributed by atoms with Crippen LogP contribution in [-0.2, 0) is 6.42 Å². The van der Waals surface area contributed by atoms with Crippen molar-refractivity contribution in [2.24, 2.45) is 0 Å². The number of halogens is 1. The maximum atomic E-state index is 13.4. The molecule has 0 aliphatic heterocycles. The van der Waals surface area contributed by atoms with Gasteiger partial charge in [-0.3, -0.25) is 4.79 Å². The number of thioether (sulfide) groups is 1. The fourth-order valence-corrected chi connectivity index (χ4v) is 3.28. The number of Topliss-reactive ketones (excluding diaryl/α,β-unsaturated/α-hetero) is 1. The molecule has 5 nitrogen and oxygen atoms in total. The van der Waals surface area contributed by atoms with Crippen LogP contribution in [0.15, 0.2) is 53.7 Å². The van der Waals surface area contributed by atoms with Gasteiger partial charge in [0.25, 0.3) is 0 Å². The molecule has 1 aromatic heterocycles. The first-order valence-electron chi connectivity index (χ1n) is 8.46. The van der Waals surface area contributed by atoms with Crippen LogP contribution >= 0.6 is 11.8 Å². The van der Waals surface area contributed by atoms with Gasteiger partial charge in [-0.05, 0) is 47.0 Å². The Hall–Kier alpha value is -2.54. The Balaban J connectivity index is 1.64. The molecule has 7 heteroatoms. The minimum absolute atomic E-state index is 0.00540. The molecule has 2 aromatic carbocycles. The van der Waals surface area contributed by atoms with Crippen LogP contribution < -0.4 is 0 Å². The molecule has 0 aliphatic rings.